The van der Waals surface area contributed by atoms with Gasteiger partial charge in [-0.1, -0.05) is 24.3 Å². The zero-order chi connectivity index (χ0) is 16.2. The molecule has 23 heavy (non-hydrogen) atoms. The van der Waals surface area contributed by atoms with Crippen molar-refractivity contribution >= 4 is 11.6 Å². The molecular formula is C18H16F2N2O. The Bertz CT molecular complexity index is 771. The smallest absolute Gasteiger partial charge is 0.141 e. The van der Waals surface area contributed by atoms with E-state index in [9.17, 15) is 13.6 Å². The number of hydrogen-bond donors (Lipinski definition) is 1. The van der Waals surface area contributed by atoms with Gasteiger partial charge in [0.2, 0.25) is 0 Å². The topological polar surface area (TPSA) is 41.5 Å². The van der Waals surface area contributed by atoms with Crippen molar-refractivity contribution in [2.24, 2.45) is 4.99 Å². The van der Waals surface area contributed by atoms with E-state index in [1.807, 2.05) is 24.3 Å². The molecule has 0 bridgehead atoms. The zero-order valence-electron chi connectivity index (χ0n) is 12.5. The van der Waals surface area contributed by atoms with E-state index in [4.69, 9.17) is 0 Å². The Morgan fingerprint density at radius 3 is 2.74 bits per heavy atom. The number of hydrogen-bond acceptors (Lipinski definition) is 3. The van der Waals surface area contributed by atoms with Crippen LogP contribution >= 0.6 is 0 Å². The summed E-state index contributed by atoms with van der Waals surface area (Å²) in [7, 11) is 0. The molecule has 3 rings (SSSR count). The minimum Gasteiger partial charge on any atom is -0.368 e. The van der Waals surface area contributed by atoms with Gasteiger partial charge in [0.15, 0.2) is 0 Å². The van der Waals surface area contributed by atoms with E-state index >= 15 is 0 Å². The molecule has 0 spiro atoms. The number of halogens is 2. The predicted octanol–water partition coefficient (Wildman–Crippen LogP) is 2.67. The molecule has 1 N–H and O–H groups in total. The minimum atomic E-state index is -0.684. The predicted molar refractivity (Wildman–Crippen MR) is 84.6 cm³/mol. The normalized spacial score (nSPS) is 13.6. The fourth-order valence-corrected chi connectivity index (χ4v) is 2.59. The van der Waals surface area contributed by atoms with Gasteiger partial charge in [0, 0.05) is 31.0 Å². The quantitative estimate of drug-likeness (QED) is 0.922. The lowest BCUT2D eigenvalue weighted by Crippen LogP contribution is -2.19. The molecule has 0 radical (unpaired) electrons. The van der Waals surface area contributed by atoms with Crippen LogP contribution in [-0.2, 0) is 17.6 Å². The fraction of sp³-hybridized carbons (Fsp3) is 0.222. The molecule has 5 heteroatoms. The number of aliphatic imine (C=N–C) groups is 1. The van der Waals surface area contributed by atoms with Crippen molar-refractivity contribution in [3.63, 3.8) is 0 Å². The molecule has 0 saturated heterocycles. The van der Waals surface area contributed by atoms with Crippen molar-refractivity contribution in [2.75, 3.05) is 13.1 Å². The second-order valence-electron chi connectivity index (χ2n) is 5.49. The van der Waals surface area contributed by atoms with Crippen molar-refractivity contribution < 1.29 is 13.6 Å². The summed E-state index contributed by atoms with van der Waals surface area (Å²) in [6.45, 7) is 1.57. The van der Waals surface area contributed by atoms with Crippen LogP contribution in [0.25, 0.3) is 0 Å². The number of benzene rings is 2. The molecule has 0 aliphatic carbocycles. The van der Waals surface area contributed by atoms with Gasteiger partial charge in [-0.25, -0.2) is 8.78 Å². The van der Waals surface area contributed by atoms with Gasteiger partial charge in [0.05, 0.1) is 6.54 Å². The molecule has 1 aliphatic heterocycles. The van der Waals surface area contributed by atoms with Crippen LogP contribution in [0.15, 0.2) is 47.5 Å². The lowest BCUT2D eigenvalue weighted by molar-refractivity contribution is -0.117. The molecule has 0 saturated carbocycles. The van der Waals surface area contributed by atoms with Gasteiger partial charge in [-0.3, -0.25) is 9.79 Å². The maximum atomic E-state index is 13.6. The number of nitrogens with zero attached hydrogens (tertiary/aromatic N) is 1. The molecule has 0 unspecified atom stereocenters. The highest BCUT2D eigenvalue weighted by Crippen LogP contribution is 2.13. The molecule has 3 nitrogen and oxygen atoms in total. The molecule has 2 aromatic rings. The van der Waals surface area contributed by atoms with E-state index in [2.05, 4.69) is 10.3 Å². The van der Waals surface area contributed by atoms with Crippen molar-refractivity contribution in [1.82, 2.24) is 5.32 Å². The van der Waals surface area contributed by atoms with Crippen LogP contribution in [0.1, 0.15) is 16.7 Å². The van der Waals surface area contributed by atoms with Crippen LogP contribution in [0.5, 0.6) is 0 Å². The van der Waals surface area contributed by atoms with Crippen LogP contribution in [0.3, 0.4) is 0 Å². The maximum Gasteiger partial charge on any atom is 0.141 e. The van der Waals surface area contributed by atoms with Crippen LogP contribution in [-0.4, -0.2) is 24.7 Å². The molecule has 118 valence electrons. The SMILES string of the molecule is O=C(Cc1cccc(C2=NCCN2)c1)Cc1ccc(F)cc1F. The third kappa shape index (κ3) is 3.80. The van der Waals surface area contributed by atoms with Crippen molar-refractivity contribution in [2.45, 2.75) is 12.8 Å². The van der Waals surface area contributed by atoms with Crippen molar-refractivity contribution in [3.8, 4) is 0 Å². The second kappa shape index (κ2) is 6.69. The Balaban J connectivity index is 1.69. The van der Waals surface area contributed by atoms with Gasteiger partial charge < -0.3 is 5.32 Å². The molecule has 0 atom stereocenters. The van der Waals surface area contributed by atoms with E-state index in [1.54, 1.807) is 0 Å². The second-order valence-corrected chi connectivity index (χ2v) is 5.49. The van der Waals surface area contributed by atoms with Crippen molar-refractivity contribution in [3.05, 3.63) is 70.8 Å². The average molecular weight is 314 g/mol. The van der Waals surface area contributed by atoms with Crippen LogP contribution in [0, 0.1) is 11.6 Å². The molecule has 0 aromatic heterocycles. The molecule has 1 heterocycles. The van der Waals surface area contributed by atoms with Crippen LogP contribution in [0.4, 0.5) is 8.78 Å². The Morgan fingerprint density at radius 1 is 1.13 bits per heavy atom. The van der Waals surface area contributed by atoms with Gasteiger partial charge in [-0.15, -0.1) is 0 Å². The van der Waals surface area contributed by atoms with Gasteiger partial charge in [0.25, 0.3) is 0 Å². The molecule has 2 aromatic carbocycles. The number of carbonyl (C=O) groups is 1. The molecule has 0 fully saturated rings. The van der Waals surface area contributed by atoms with E-state index in [0.29, 0.717) is 0 Å². The highest BCUT2D eigenvalue weighted by Gasteiger charge is 2.12. The summed E-state index contributed by atoms with van der Waals surface area (Å²) in [5.74, 6) is -0.606. The molecule has 1 aliphatic rings. The minimum absolute atomic E-state index is 0.0461. The van der Waals surface area contributed by atoms with Crippen LogP contribution in [0.2, 0.25) is 0 Å². The number of nitrogens with one attached hydrogen (secondary N) is 1. The largest absolute Gasteiger partial charge is 0.368 e. The summed E-state index contributed by atoms with van der Waals surface area (Å²) in [5, 5.41) is 3.19. The maximum absolute atomic E-state index is 13.6. The summed E-state index contributed by atoms with van der Waals surface area (Å²) < 4.78 is 26.5. The summed E-state index contributed by atoms with van der Waals surface area (Å²) in [4.78, 5) is 16.5. The first kappa shape index (κ1) is 15.3. The average Bonchev–Trinajstić information content (AvgIpc) is 3.05. The lowest BCUT2D eigenvalue weighted by atomic mass is 10.0. The zero-order valence-corrected chi connectivity index (χ0v) is 12.5. The van der Waals surface area contributed by atoms with E-state index in [0.717, 1.165) is 42.2 Å². The first-order chi connectivity index (χ1) is 11.1. The Labute approximate surface area is 133 Å². The molecular weight excluding hydrogens is 298 g/mol. The summed E-state index contributed by atoms with van der Waals surface area (Å²) in [5.41, 5.74) is 2.02. The third-order valence-electron chi connectivity index (χ3n) is 3.68. The number of rotatable bonds is 5. The monoisotopic (exact) mass is 314 g/mol. The standard InChI is InChI=1S/C18H16F2N2O/c19-15-5-4-13(17(20)11-15)10-16(23)9-12-2-1-3-14(8-12)18-21-6-7-22-18/h1-5,8,11H,6-7,9-10H2,(H,21,22). The van der Waals surface area contributed by atoms with Crippen LogP contribution < -0.4 is 5.32 Å². The Kier molecular flexibility index (Phi) is 4.46. The summed E-state index contributed by atoms with van der Waals surface area (Å²) >= 11 is 0. The Hall–Kier alpha value is -2.56. The van der Waals surface area contributed by atoms with E-state index < -0.39 is 11.6 Å². The van der Waals surface area contributed by atoms with Gasteiger partial charge in [0.1, 0.15) is 23.3 Å². The van der Waals surface area contributed by atoms with Gasteiger partial charge in [-0.2, -0.15) is 0 Å². The fourth-order valence-electron chi connectivity index (χ4n) is 2.59. The summed E-state index contributed by atoms with van der Waals surface area (Å²) in [6, 6.07) is 10.9. The number of carbonyl (C=O) groups excluding carboxylic acids is 1. The highest BCUT2D eigenvalue weighted by atomic mass is 19.1. The number of ketones is 1. The lowest BCUT2D eigenvalue weighted by Gasteiger charge is -2.06. The highest BCUT2D eigenvalue weighted by molar-refractivity contribution is 6.00. The first-order valence-electron chi connectivity index (χ1n) is 7.45. The Morgan fingerprint density at radius 2 is 2.00 bits per heavy atom. The molecule has 0 amide bonds. The van der Waals surface area contributed by atoms with E-state index in [-0.39, 0.29) is 24.2 Å². The van der Waals surface area contributed by atoms with E-state index in [1.165, 1.54) is 6.07 Å². The van der Waals surface area contributed by atoms with Crippen molar-refractivity contribution in [1.29, 1.82) is 0 Å². The number of amidine groups is 1. The van der Waals surface area contributed by atoms with Gasteiger partial charge in [-0.05, 0) is 23.3 Å². The van der Waals surface area contributed by atoms with Gasteiger partial charge >= 0.3 is 0 Å². The number of Topliss-reactive ketones (excluding diaryl/α,β-unsaturated/α-hetero) is 1. The third-order valence-corrected chi connectivity index (χ3v) is 3.68. The summed E-state index contributed by atoms with van der Waals surface area (Å²) in [6.07, 6.45) is 0.160. The first-order valence-corrected chi connectivity index (χ1v) is 7.45.